The van der Waals surface area contributed by atoms with E-state index >= 15 is 0 Å². The van der Waals surface area contributed by atoms with E-state index in [4.69, 9.17) is 4.74 Å². The van der Waals surface area contributed by atoms with Gasteiger partial charge in [0.15, 0.2) is 9.84 Å². The zero-order valence-corrected chi connectivity index (χ0v) is 14.6. The Kier molecular flexibility index (Phi) is 8.47. The first-order valence-corrected chi connectivity index (χ1v) is 9.92. The van der Waals surface area contributed by atoms with E-state index in [-0.39, 0.29) is 18.4 Å². The molecule has 6 nitrogen and oxygen atoms in total. The average molecular weight is 342 g/mol. The molecule has 0 heterocycles. The van der Waals surface area contributed by atoms with Crippen LogP contribution in [0.25, 0.3) is 0 Å². The summed E-state index contributed by atoms with van der Waals surface area (Å²) >= 11 is 0. The molecule has 7 heteroatoms. The molecule has 0 bridgehead atoms. The topological polar surface area (TPSA) is 84.5 Å². The minimum Gasteiger partial charge on any atom is -0.492 e. The van der Waals surface area contributed by atoms with Crippen molar-refractivity contribution in [3.63, 3.8) is 0 Å². The summed E-state index contributed by atoms with van der Waals surface area (Å²) in [5.74, 6) is 0.484. The van der Waals surface area contributed by atoms with Crippen molar-refractivity contribution >= 4 is 21.6 Å². The molecule has 0 saturated carbocycles. The van der Waals surface area contributed by atoms with E-state index < -0.39 is 9.84 Å². The number of rotatable bonds is 10. The molecule has 0 aliphatic heterocycles. The predicted molar refractivity (Wildman–Crippen MR) is 92.8 cm³/mol. The molecule has 0 aliphatic carbocycles. The second kappa shape index (κ2) is 10.1. The van der Waals surface area contributed by atoms with Crippen molar-refractivity contribution < 1.29 is 17.9 Å². The molecule has 130 valence electrons. The number of sulfone groups is 1. The Balaban J connectivity index is 2.36. The molecule has 1 aromatic rings. The van der Waals surface area contributed by atoms with E-state index in [0.717, 1.165) is 12.8 Å². The van der Waals surface area contributed by atoms with Crippen LogP contribution in [0.1, 0.15) is 32.6 Å². The fourth-order valence-corrected chi connectivity index (χ4v) is 2.29. The van der Waals surface area contributed by atoms with Crippen LogP contribution < -0.4 is 15.4 Å². The number of urea groups is 1. The summed E-state index contributed by atoms with van der Waals surface area (Å²) in [6.45, 7) is 2.88. The molecular formula is C16H26N2O4S. The van der Waals surface area contributed by atoms with Gasteiger partial charge >= 0.3 is 6.03 Å². The van der Waals surface area contributed by atoms with Gasteiger partial charge in [0.1, 0.15) is 12.4 Å². The van der Waals surface area contributed by atoms with Crippen LogP contribution in [0.2, 0.25) is 0 Å². The molecule has 0 aliphatic rings. The van der Waals surface area contributed by atoms with Crippen LogP contribution in [-0.2, 0) is 9.84 Å². The molecule has 23 heavy (non-hydrogen) atoms. The van der Waals surface area contributed by atoms with E-state index in [0.29, 0.717) is 18.0 Å². The second-order valence-corrected chi connectivity index (χ2v) is 7.71. The summed E-state index contributed by atoms with van der Waals surface area (Å²) in [4.78, 5) is 11.8. The van der Waals surface area contributed by atoms with Gasteiger partial charge in [-0.1, -0.05) is 32.3 Å². The maximum Gasteiger partial charge on any atom is 0.319 e. The normalized spacial score (nSPS) is 11.0. The number of unbranched alkanes of at least 4 members (excludes halogenated alkanes) is 3. The van der Waals surface area contributed by atoms with Gasteiger partial charge in [-0.25, -0.2) is 13.2 Å². The number of hydrogen-bond donors (Lipinski definition) is 2. The van der Waals surface area contributed by atoms with Gasteiger partial charge < -0.3 is 15.4 Å². The molecule has 2 N–H and O–H groups in total. The third-order valence-electron chi connectivity index (χ3n) is 3.13. The van der Waals surface area contributed by atoms with Crippen molar-refractivity contribution in [2.24, 2.45) is 0 Å². The molecule has 0 atom stereocenters. The van der Waals surface area contributed by atoms with Gasteiger partial charge in [0.2, 0.25) is 0 Å². The fourth-order valence-electron chi connectivity index (χ4n) is 1.90. The maximum atomic E-state index is 11.8. The zero-order valence-electron chi connectivity index (χ0n) is 13.8. The molecule has 0 spiro atoms. The highest BCUT2D eigenvalue weighted by molar-refractivity contribution is 7.90. The van der Waals surface area contributed by atoms with Crippen LogP contribution in [0, 0.1) is 0 Å². The van der Waals surface area contributed by atoms with Crippen LogP contribution in [0.15, 0.2) is 24.3 Å². The third-order valence-corrected chi connectivity index (χ3v) is 4.04. The molecule has 2 amide bonds. The van der Waals surface area contributed by atoms with Gasteiger partial charge in [0.25, 0.3) is 0 Å². The summed E-state index contributed by atoms with van der Waals surface area (Å²) in [6, 6.07) is 6.62. The number of nitrogens with one attached hydrogen (secondary N) is 2. The lowest BCUT2D eigenvalue weighted by molar-refractivity contribution is 0.252. The summed E-state index contributed by atoms with van der Waals surface area (Å²) in [6.07, 6.45) is 5.59. The first-order valence-electron chi connectivity index (χ1n) is 7.86. The van der Waals surface area contributed by atoms with Crippen molar-refractivity contribution in [2.45, 2.75) is 32.6 Å². The molecule has 0 unspecified atom stereocenters. The minimum absolute atomic E-state index is 0.0388. The Bertz CT molecular complexity index is 587. The molecule has 0 aromatic heterocycles. The summed E-state index contributed by atoms with van der Waals surface area (Å²) in [5.41, 5.74) is 0.605. The van der Waals surface area contributed by atoms with E-state index in [1.54, 1.807) is 24.3 Å². The lowest BCUT2D eigenvalue weighted by Gasteiger charge is -2.10. The highest BCUT2D eigenvalue weighted by atomic mass is 32.2. The van der Waals surface area contributed by atoms with Crippen molar-refractivity contribution in [3.05, 3.63) is 24.3 Å². The van der Waals surface area contributed by atoms with E-state index in [1.165, 1.54) is 19.1 Å². The number of amides is 2. The number of carbonyl (C=O) groups is 1. The van der Waals surface area contributed by atoms with Gasteiger partial charge in [0.05, 0.1) is 5.75 Å². The van der Waals surface area contributed by atoms with Gasteiger partial charge in [-0.2, -0.15) is 0 Å². The van der Waals surface area contributed by atoms with Gasteiger partial charge in [-0.15, -0.1) is 0 Å². The molecule has 1 rings (SSSR count). The summed E-state index contributed by atoms with van der Waals surface area (Å²) < 4.78 is 27.5. The maximum absolute atomic E-state index is 11.8. The lowest BCUT2D eigenvalue weighted by Crippen LogP contribution is -2.29. The largest absolute Gasteiger partial charge is 0.492 e. The minimum atomic E-state index is -3.05. The monoisotopic (exact) mass is 342 g/mol. The summed E-state index contributed by atoms with van der Waals surface area (Å²) in [5, 5.41) is 5.53. The molecular weight excluding hydrogens is 316 g/mol. The number of anilines is 1. The Labute approximate surface area is 138 Å². The van der Waals surface area contributed by atoms with Crippen LogP contribution in [-0.4, -0.2) is 39.6 Å². The number of ether oxygens (including phenoxy) is 1. The van der Waals surface area contributed by atoms with Crippen LogP contribution in [0.4, 0.5) is 10.5 Å². The molecule has 0 fully saturated rings. The number of benzene rings is 1. The fraction of sp³-hybridized carbons (Fsp3) is 0.562. The van der Waals surface area contributed by atoms with Gasteiger partial charge in [-0.05, 0) is 18.6 Å². The Morgan fingerprint density at radius 3 is 2.70 bits per heavy atom. The summed E-state index contributed by atoms with van der Waals surface area (Å²) in [7, 11) is -3.05. The smallest absolute Gasteiger partial charge is 0.319 e. The Hall–Kier alpha value is -1.76. The second-order valence-electron chi connectivity index (χ2n) is 5.45. The van der Waals surface area contributed by atoms with Crippen molar-refractivity contribution in [2.75, 3.05) is 30.5 Å². The van der Waals surface area contributed by atoms with Crippen LogP contribution in [0.5, 0.6) is 5.75 Å². The van der Waals surface area contributed by atoms with Gasteiger partial charge in [-0.3, -0.25) is 0 Å². The van der Waals surface area contributed by atoms with E-state index in [2.05, 4.69) is 17.6 Å². The highest BCUT2D eigenvalue weighted by Gasteiger charge is 2.05. The van der Waals surface area contributed by atoms with E-state index in [1.807, 2.05) is 0 Å². The first kappa shape index (κ1) is 19.3. The lowest BCUT2D eigenvalue weighted by atomic mass is 10.2. The predicted octanol–water partition coefficient (Wildman–Crippen LogP) is 2.81. The van der Waals surface area contributed by atoms with Gasteiger partial charge in [0, 0.05) is 24.6 Å². The highest BCUT2D eigenvalue weighted by Crippen LogP contribution is 2.17. The van der Waals surface area contributed by atoms with Crippen molar-refractivity contribution in [1.82, 2.24) is 5.32 Å². The van der Waals surface area contributed by atoms with Crippen molar-refractivity contribution in [1.29, 1.82) is 0 Å². The molecule has 0 saturated heterocycles. The van der Waals surface area contributed by atoms with Crippen molar-refractivity contribution in [3.8, 4) is 5.75 Å². The average Bonchev–Trinajstić information content (AvgIpc) is 2.46. The number of hydrogen-bond acceptors (Lipinski definition) is 4. The Morgan fingerprint density at radius 1 is 1.22 bits per heavy atom. The van der Waals surface area contributed by atoms with Crippen LogP contribution >= 0.6 is 0 Å². The molecule has 0 radical (unpaired) electrons. The zero-order chi connectivity index (χ0) is 17.1. The SMILES string of the molecule is CCCCCCNC(=O)Nc1cccc(OCCS(C)(=O)=O)c1. The Morgan fingerprint density at radius 2 is 2.00 bits per heavy atom. The molecule has 1 aromatic carbocycles. The number of carbonyl (C=O) groups excluding carboxylic acids is 1. The quantitative estimate of drug-likeness (QED) is 0.640. The first-order chi connectivity index (χ1) is 10.9. The van der Waals surface area contributed by atoms with Crippen LogP contribution in [0.3, 0.4) is 0 Å². The standard InChI is InChI=1S/C16H26N2O4S/c1-3-4-5-6-10-17-16(19)18-14-8-7-9-15(13-14)22-11-12-23(2,20)21/h7-9,13H,3-6,10-12H2,1-2H3,(H2,17,18,19). The third kappa shape index (κ3) is 9.78. The van der Waals surface area contributed by atoms with E-state index in [9.17, 15) is 13.2 Å².